The monoisotopic (exact) mass is 192 g/mol. The summed E-state index contributed by atoms with van der Waals surface area (Å²) in [5.41, 5.74) is 0. The second-order valence-corrected chi connectivity index (χ2v) is 3.30. The van der Waals surface area contributed by atoms with Crippen molar-refractivity contribution in [1.82, 2.24) is 0 Å². The lowest BCUT2D eigenvalue weighted by Crippen LogP contribution is -2.39. The van der Waals surface area contributed by atoms with Crippen molar-refractivity contribution in [3.05, 3.63) is 0 Å². The van der Waals surface area contributed by atoms with E-state index in [1.807, 2.05) is 6.92 Å². The maximum Gasteiger partial charge on any atom is 0.108 e. The predicted octanol–water partition coefficient (Wildman–Crippen LogP) is -0.358. The van der Waals surface area contributed by atoms with Crippen molar-refractivity contribution in [1.29, 1.82) is 0 Å². The highest BCUT2D eigenvalue weighted by Crippen LogP contribution is 2.09. The molecule has 0 saturated heterocycles. The average Bonchev–Trinajstić information content (AvgIpc) is 2.15. The Bertz CT molecular complexity index is 118. The second-order valence-electron chi connectivity index (χ2n) is 3.30. The molecular formula is C9H20O4. The van der Waals surface area contributed by atoms with Gasteiger partial charge in [-0.05, 0) is 6.42 Å². The van der Waals surface area contributed by atoms with Crippen molar-refractivity contribution < 1.29 is 20.4 Å². The molecule has 0 saturated carbocycles. The molecule has 0 aliphatic heterocycles. The zero-order valence-corrected chi connectivity index (χ0v) is 8.06. The van der Waals surface area contributed by atoms with Crippen LogP contribution in [0.3, 0.4) is 0 Å². The van der Waals surface area contributed by atoms with Gasteiger partial charge in [0.25, 0.3) is 0 Å². The van der Waals surface area contributed by atoms with E-state index in [1.54, 1.807) is 0 Å². The SMILES string of the molecule is CCCCCC(O)[C@H](O)[C@H](O)CO. The van der Waals surface area contributed by atoms with Crippen molar-refractivity contribution >= 4 is 0 Å². The van der Waals surface area contributed by atoms with Crippen LogP contribution in [0.5, 0.6) is 0 Å². The summed E-state index contributed by atoms with van der Waals surface area (Å²) >= 11 is 0. The summed E-state index contributed by atoms with van der Waals surface area (Å²) in [6.45, 7) is 1.53. The van der Waals surface area contributed by atoms with E-state index in [1.165, 1.54) is 0 Å². The van der Waals surface area contributed by atoms with E-state index in [9.17, 15) is 10.2 Å². The van der Waals surface area contributed by atoms with E-state index in [4.69, 9.17) is 10.2 Å². The van der Waals surface area contributed by atoms with Crippen LogP contribution in [0.1, 0.15) is 32.6 Å². The van der Waals surface area contributed by atoms with Crippen LogP contribution in [-0.2, 0) is 0 Å². The summed E-state index contributed by atoms with van der Waals surface area (Å²) in [4.78, 5) is 0. The minimum absolute atomic E-state index is 0.464. The fourth-order valence-electron chi connectivity index (χ4n) is 1.14. The summed E-state index contributed by atoms with van der Waals surface area (Å²) in [5, 5.41) is 36.0. The first kappa shape index (κ1) is 12.8. The molecule has 4 nitrogen and oxygen atoms in total. The van der Waals surface area contributed by atoms with Gasteiger partial charge in [-0.1, -0.05) is 26.2 Å². The van der Waals surface area contributed by atoms with Crippen molar-refractivity contribution in [2.45, 2.75) is 50.9 Å². The first-order chi connectivity index (χ1) is 6.13. The number of hydrogen-bond donors (Lipinski definition) is 4. The van der Waals surface area contributed by atoms with Gasteiger partial charge < -0.3 is 20.4 Å². The van der Waals surface area contributed by atoms with Crippen LogP contribution in [0, 0.1) is 0 Å². The molecule has 4 N–H and O–H groups in total. The van der Waals surface area contributed by atoms with Crippen LogP contribution in [0.4, 0.5) is 0 Å². The smallest absolute Gasteiger partial charge is 0.108 e. The highest BCUT2D eigenvalue weighted by atomic mass is 16.4. The van der Waals surface area contributed by atoms with Gasteiger partial charge in [-0.3, -0.25) is 0 Å². The molecule has 3 atom stereocenters. The Labute approximate surface area is 78.8 Å². The molecule has 0 aromatic heterocycles. The number of rotatable bonds is 7. The molecule has 0 fully saturated rings. The standard InChI is InChI=1S/C9H20O4/c1-2-3-4-5-7(11)9(13)8(12)6-10/h7-13H,2-6H2,1H3/t7?,8-,9+/m1/s1. The van der Waals surface area contributed by atoms with E-state index >= 15 is 0 Å². The quantitative estimate of drug-likeness (QED) is 0.415. The first-order valence-corrected chi connectivity index (χ1v) is 4.78. The van der Waals surface area contributed by atoms with Gasteiger partial charge in [0, 0.05) is 0 Å². The number of unbranched alkanes of at least 4 members (excludes halogenated alkanes) is 2. The van der Waals surface area contributed by atoms with Crippen LogP contribution in [0.2, 0.25) is 0 Å². The van der Waals surface area contributed by atoms with Crippen LogP contribution >= 0.6 is 0 Å². The molecule has 0 aliphatic carbocycles. The molecule has 0 heterocycles. The van der Waals surface area contributed by atoms with Crippen LogP contribution in [0.15, 0.2) is 0 Å². The Morgan fingerprint density at radius 3 is 2.08 bits per heavy atom. The first-order valence-electron chi connectivity index (χ1n) is 4.78. The molecule has 0 rings (SSSR count). The molecule has 80 valence electrons. The van der Waals surface area contributed by atoms with E-state index in [2.05, 4.69) is 0 Å². The molecule has 0 spiro atoms. The largest absolute Gasteiger partial charge is 0.394 e. The van der Waals surface area contributed by atoms with Crippen LogP contribution in [-0.4, -0.2) is 45.3 Å². The highest BCUT2D eigenvalue weighted by Gasteiger charge is 2.23. The minimum Gasteiger partial charge on any atom is -0.394 e. The highest BCUT2D eigenvalue weighted by molar-refractivity contribution is 4.74. The number of aliphatic hydroxyl groups excluding tert-OH is 4. The van der Waals surface area contributed by atoms with E-state index in [0.29, 0.717) is 6.42 Å². The lowest BCUT2D eigenvalue weighted by Gasteiger charge is -2.21. The Kier molecular flexibility index (Phi) is 7.17. The van der Waals surface area contributed by atoms with Gasteiger partial charge in [0.2, 0.25) is 0 Å². The Balaban J connectivity index is 3.62. The summed E-state index contributed by atoms with van der Waals surface area (Å²) < 4.78 is 0. The molecule has 0 radical (unpaired) electrons. The molecule has 13 heavy (non-hydrogen) atoms. The van der Waals surface area contributed by atoms with E-state index in [-0.39, 0.29) is 0 Å². The molecule has 1 unspecified atom stereocenters. The predicted molar refractivity (Wildman–Crippen MR) is 49.2 cm³/mol. The normalized spacial score (nSPS) is 18.2. The molecule has 0 aliphatic rings. The minimum atomic E-state index is -1.24. The summed E-state index contributed by atoms with van der Waals surface area (Å²) in [5.74, 6) is 0. The zero-order chi connectivity index (χ0) is 10.3. The number of hydrogen-bond acceptors (Lipinski definition) is 4. The lowest BCUT2D eigenvalue weighted by atomic mass is 10.0. The maximum atomic E-state index is 9.32. The van der Waals surface area contributed by atoms with Gasteiger partial charge >= 0.3 is 0 Å². The van der Waals surface area contributed by atoms with Crippen molar-refractivity contribution in [3.8, 4) is 0 Å². The third-order valence-corrected chi connectivity index (χ3v) is 2.08. The van der Waals surface area contributed by atoms with Crippen LogP contribution < -0.4 is 0 Å². The average molecular weight is 192 g/mol. The van der Waals surface area contributed by atoms with Gasteiger partial charge in [0.1, 0.15) is 12.2 Å². The number of aliphatic hydroxyl groups is 4. The van der Waals surface area contributed by atoms with Gasteiger partial charge in [-0.2, -0.15) is 0 Å². The summed E-state index contributed by atoms with van der Waals surface area (Å²) in [6, 6.07) is 0. The fourth-order valence-corrected chi connectivity index (χ4v) is 1.14. The van der Waals surface area contributed by atoms with Crippen molar-refractivity contribution in [2.24, 2.45) is 0 Å². The Morgan fingerprint density at radius 2 is 1.62 bits per heavy atom. The molecular weight excluding hydrogens is 172 g/mol. The molecule has 0 aromatic carbocycles. The third kappa shape index (κ3) is 5.21. The maximum absolute atomic E-state index is 9.32. The molecule has 4 heteroatoms. The van der Waals surface area contributed by atoms with E-state index < -0.39 is 24.9 Å². The Morgan fingerprint density at radius 1 is 1.00 bits per heavy atom. The molecule has 0 amide bonds. The third-order valence-electron chi connectivity index (χ3n) is 2.08. The summed E-state index contributed by atoms with van der Waals surface area (Å²) in [7, 11) is 0. The van der Waals surface area contributed by atoms with Crippen LogP contribution in [0.25, 0.3) is 0 Å². The van der Waals surface area contributed by atoms with Gasteiger partial charge in [-0.25, -0.2) is 0 Å². The van der Waals surface area contributed by atoms with Crippen molar-refractivity contribution in [2.75, 3.05) is 6.61 Å². The zero-order valence-electron chi connectivity index (χ0n) is 8.06. The topological polar surface area (TPSA) is 80.9 Å². The molecule has 0 aromatic rings. The Hall–Kier alpha value is -0.160. The van der Waals surface area contributed by atoms with E-state index in [0.717, 1.165) is 19.3 Å². The van der Waals surface area contributed by atoms with Gasteiger partial charge in [0.15, 0.2) is 0 Å². The summed E-state index contributed by atoms with van der Waals surface area (Å²) in [6.07, 6.45) is -0.0734. The lowest BCUT2D eigenvalue weighted by molar-refractivity contribution is -0.0787. The van der Waals surface area contributed by atoms with Gasteiger partial charge in [0.05, 0.1) is 12.7 Å². The molecule has 0 bridgehead atoms. The van der Waals surface area contributed by atoms with Crippen molar-refractivity contribution in [3.63, 3.8) is 0 Å². The van der Waals surface area contributed by atoms with Gasteiger partial charge in [-0.15, -0.1) is 0 Å². The second kappa shape index (κ2) is 7.26. The fraction of sp³-hybridized carbons (Fsp3) is 1.00.